The van der Waals surface area contributed by atoms with Crippen LogP contribution in [-0.2, 0) is 0 Å². The maximum Gasteiger partial charge on any atom is 0.0775 e. The van der Waals surface area contributed by atoms with E-state index in [-0.39, 0.29) is 5.71 Å². The first-order valence-corrected chi connectivity index (χ1v) is 17.4. The number of nitrogens with one attached hydrogen (secondary N) is 1. The number of benzene rings is 2. The van der Waals surface area contributed by atoms with Crippen LogP contribution in [0, 0.1) is 17.2 Å². The Kier molecular flexibility index (Phi) is 17.9. The predicted octanol–water partition coefficient (Wildman–Crippen LogP) is 11.2. The molecule has 5 N–H and O–H groups in total. The molecule has 2 aromatic rings. The first-order chi connectivity index (χ1) is 22.3. The SMILES string of the molecule is C=CC(/C=C/c1ccc(N)cc1)=C\C(=N)\C(N)=C/C(=C\C)/C=C/c1ccc(N(CC(CC)CCCC)CC(CC)CCCC)cc1. The summed E-state index contributed by atoms with van der Waals surface area (Å²) < 4.78 is 0. The maximum absolute atomic E-state index is 8.54. The molecule has 4 nitrogen and oxygen atoms in total. The molecule has 0 aliphatic heterocycles. The molecule has 2 rings (SSSR count). The number of allylic oxidation sites excluding steroid dienone is 8. The number of anilines is 2. The first-order valence-electron chi connectivity index (χ1n) is 17.4. The maximum atomic E-state index is 8.54. The Morgan fingerprint density at radius 1 is 0.783 bits per heavy atom. The summed E-state index contributed by atoms with van der Waals surface area (Å²) in [7, 11) is 0. The predicted molar refractivity (Wildman–Crippen MR) is 206 cm³/mol. The van der Waals surface area contributed by atoms with Crippen molar-refractivity contribution < 1.29 is 0 Å². The minimum absolute atomic E-state index is 0.239. The van der Waals surface area contributed by atoms with Gasteiger partial charge < -0.3 is 16.4 Å². The van der Waals surface area contributed by atoms with Crippen molar-refractivity contribution in [2.75, 3.05) is 23.7 Å². The van der Waals surface area contributed by atoms with E-state index in [9.17, 15) is 0 Å². The van der Waals surface area contributed by atoms with Crippen molar-refractivity contribution in [2.24, 2.45) is 17.6 Å². The standard InChI is InChI=1S/C42H60N4/c1-7-13-15-35(11-5)31-46(32-36(12-6)16-14-8-2)40-27-23-38(24-28-40)20-18-34(10-4)30-42(45)41(44)29-33(9-3)17-19-37-21-25-39(43)26-22-37/h9-10,17-30,35-36,44H,3,7-8,11-16,31-32,43,45H2,1-2,4-6H3/b19-17+,20-18+,33-29+,34-10-,42-30+,44-41?. The van der Waals surface area contributed by atoms with Crippen LogP contribution in [0.4, 0.5) is 11.4 Å². The van der Waals surface area contributed by atoms with E-state index in [0.717, 1.165) is 52.9 Å². The van der Waals surface area contributed by atoms with Crippen LogP contribution in [0.1, 0.15) is 97.1 Å². The Morgan fingerprint density at radius 3 is 1.74 bits per heavy atom. The van der Waals surface area contributed by atoms with Crippen molar-refractivity contribution in [3.8, 4) is 0 Å². The van der Waals surface area contributed by atoms with Crippen molar-refractivity contribution in [3.63, 3.8) is 0 Å². The Bertz CT molecular complexity index is 1320. The highest BCUT2D eigenvalue weighted by Crippen LogP contribution is 2.25. The smallest absolute Gasteiger partial charge is 0.0775 e. The highest BCUT2D eigenvalue weighted by atomic mass is 15.1. The molecule has 0 spiro atoms. The van der Waals surface area contributed by atoms with Crippen LogP contribution < -0.4 is 16.4 Å². The Morgan fingerprint density at radius 2 is 1.28 bits per heavy atom. The van der Waals surface area contributed by atoms with Gasteiger partial charge in [-0.3, -0.25) is 5.41 Å². The Hall–Kier alpha value is -4.05. The largest absolute Gasteiger partial charge is 0.399 e. The van der Waals surface area contributed by atoms with Gasteiger partial charge >= 0.3 is 0 Å². The summed E-state index contributed by atoms with van der Waals surface area (Å²) in [5.41, 5.74) is 18.7. The van der Waals surface area contributed by atoms with Crippen molar-refractivity contribution >= 4 is 29.2 Å². The summed E-state index contributed by atoms with van der Waals surface area (Å²) in [5, 5.41) is 8.54. The number of unbranched alkanes of at least 4 members (excludes halogenated alkanes) is 2. The van der Waals surface area contributed by atoms with E-state index in [1.165, 1.54) is 57.1 Å². The summed E-state index contributed by atoms with van der Waals surface area (Å²) >= 11 is 0. The lowest BCUT2D eigenvalue weighted by atomic mass is 9.95. The molecule has 2 atom stereocenters. The summed E-state index contributed by atoms with van der Waals surface area (Å²) in [5.74, 6) is 1.46. The van der Waals surface area contributed by atoms with Gasteiger partial charge in [-0.1, -0.05) is 134 Å². The molecule has 0 heterocycles. The van der Waals surface area contributed by atoms with E-state index >= 15 is 0 Å². The number of hydrogen-bond acceptors (Lipinski definition) is 4. The van der Waals surface area contributed by atoms with E-state index in [4.69, 9.17) is 16.9 Å². The van der Waals surface area contributed by atoms with Gasteiger partial charge in [0.2, 0.25) is 0 Å². The van der Waals surface area contributed by atoms with E-state index in [2.05, 4.69) is 75.6 Å². The van der Waals surface area contributed by atoms with E-state index in [1.54, 1.807) is 12.2 Å². The lowest BCUT2D eigenvalue weighted by Gasteiger charge is -2.32. The van der Waals surface area contributed by atoms with Gasteiger partial charge in [0.05, 0.1) is 11.4 Å². The highest BCUT2D eigenvalue weighted by molar-refractivity contribution is 6.06. The molecule has 0 fully saturated rings. The van der Waals surface area contributed by atoms with Crippen LogP contribution in [0.25, 0.3) is 12.2 Å². The molecule has 248 valence electrons. The van der Waals surface area contributed by atoms with Crippen LogP contribution in [-0.4, -0.2) is 18.8 Å². The number of nitrogens with zero attached hydrogens (tertiary/aromatic N) is 1. The van der Waals surface area contributed by atoms with Gasteiger partial charge in [0.15, 0.2) is 0 Å². The van der Waals surface area contributed by atoms with Gasteiger partial charge in [-0.15, -0.1) is 0 Å². The first kappa shape index (κ1) is 38.1. The van der Waals surface area contributed by atoms with Crippen LogP contribution >= 0.6 is 0 Å². The van der Waals surface area contributed by atoms with Crippen molar-refractivity contribution in [3.05, 3.63) is 120 Å². The Balaban J connectivity index is 2.17. The molecule has 46 heavy (non-hydrogen) atoms. The van der Waals surface area contributed by atoms with Crippen LogP contribution in [0.5, 0.6) is 0 Å². The molecular formula is C42H60N4. The monoisotopic (exact) mass is 620 g/mol. The molecule has 0 aliphatic rings. The summed E-state index contributed by atoms with van der Waals surface area (Å²) in [6, 6.07) is 16.6. The molecule has 0 saturated carbocycles. The fourth-order valence-electron chi connectivity index (χ4n) is 5.44. The fraction of sp³-hybridized carbons (Fsp3) is 0.405. The van der Waals surface area contributed by atoms with Crippen molar-refractivity contribution in [2.45, 2.75) is 86.0 Å². The number of hydrogen-bond donors (Lipinski definition) is 3. The average Bonchev–Trinajstić information content (AvgIpc) is 3.08. The second-order valence-corrected chi connectivity index (χ2v) is 12.3. The van der Waals surface area contributed by atoms with Crippen molar-refractivity contribution in [1.29, 1.82) is 5.41 Å². The molecule has 0 aromatic heterocycles. The zero-order valence-electron chi connectivity index (χ0n) is 29.3. The average molecular weight is 621 g/mol. The zero-order valence-corrected chi connectivity index (χ0v) is 29.3. The van der Waals surface area contributed by atoms with Crippen LogP contribution in [0.2, 0.25) is 0 Å². The van der Waals surface area contributed by atoms with Crippen LogP contribution in [0.15, 0.2) is 108 Å². The van der Waals surface area contributed by atoms with Gasteiger partial charge in [0.25, 0.3) is 0 Å². The molecule has 0 radical (unpaired) electrons. The van der Waals surface area contributed by atoms with Gasteiger partial charge in [0.1, 0.15) is 0 Å². The second kappa shape index (κ2) is 21.6. The van der Waals surface area contributed by atoms with E-state index in [1.807, 2.05) is 55.5 Å². The molecule has 0 saturated heterocycles. The van der Waals surface area contributed by atoms with Crippen molar-refractivity contribution in [1.82, 2.24) is 0 Å². The zero-order chi connectivity index (χ0) is 33.7. The van der Waals surface area contributed by atoms with Gasteiger partial charge in [-0.05, 0) is 90.3 Å². The fourth-order valence-corrected chi connectivity index (χ4v) is 5.44. The molecule has 2 aromatic carbocycles. The highest BCUT2D eigenvalue weighted by Gasteiger charge is 2.17. The third-order valence-electron chi connectivity index (χ3n) is 8.69. The Labute approximate surface area is 280 Å². The molecule has 0 aliphatic carbocycles. The third-order valence-corrected chi connectivity index (χ3v) is 8.69. The minimum Gasteiger partial charge on any atom is -0.399 e. The molecule has 4 heteroatoms. The topological polar surface area (TPSA) is 79.1 Å². The second-order valence-electron chi connectivity index (χ2n) is 12.3. The number of nitrogens with two attached hydrogens (primary N) is 2. The van der Waals surface area contributed by atoms with E-state index in [0.29, 0.717) is 5.70 Å². The number of nitrogen functional groups attached to an aromatic ring is 1. The summed E-state index contributed by atoms with van der Waals surface area (Å²) in [6.07, 6.45) is 25.6. The van der Waals surface area contributed by atoms with Gasteiger partial charge in [-0.2, -0.15) is 0 Å². The summed E-state index contributed by atoms with van der Waals surface area (Å²) in [6.45, 7) is 17.4. The lowest BCUT2D eigenvalue weighted by molar-refractivity contribution is 0.403. The normalized spacial score (nSPS) is 14.2. The molecular weight excluding hydrogens is 560 g/mol. The molecule has 0 amide bonds. The summed E-state index contributed by atoms with van der Waals surface area (Å²) in [4.78, 5) is 2.66. The third kappa shape index (κ3) is 13.9. The number of rotatable bonds is 21. The molecule has 0 bridgehead atoms. The quantitative estimate of drug-likeness (QED) is 0.0738. The molecule has 2 unspecified atom stereocenters. The minimum atomic E-state index is 0.239. The van der Waals surface area contributed by atoms with E-state index < -0.39 is 0 Å². The lowest BCUT2D eigenvalue weighted by Crippen LogP contribution is -2.34. The van der Waals surface area contributed by atoms with Gasteiger partial charge in [-0.25, -0.2) is 0 Å². The van der Waals surface area contributed by atoms with Crippen LogP contribution in [0.3, 0.4) is 0 Å². The van der Waals surface area contributed by atoms with Gasteiger partial charge in [0, 0.05) is 24.5 Å².